The summed E-state index contributed by atoms with van der Waals surface area (Å²) in [5, 5.41) is 3.16. The minimum atomic E-state index is -4.67. The number of carbonyl (C=O) groups is 1. The second-order valence-electron chi connectivity index (χ2n) is 4.56. The molecule has 1 amide bonds. The average molecular weight is 343 g/mol. The Balaban J connectivity index is 2.42. The molecule has 1 atom stereocenters. The summed E-state index contributed by atoms with van der Waals surface area (Å²) in [7, 11) is -3.96. The number of nitrogens with zero attached hydrogens (tertiary/aromatic N) is 1. The number of hydrogen-bond donors (Lipinski definition) is 1. The van der Waals surface area contributed by atoms with Gasteiger partial charge in [-0.3, -0.25) is 4.79 Å². The Morgan fingerprint density at radius 1 is 1.33 bits per heavy atom. The lowest BCUT2D eigenvalue weighted by Crippen LogP contribution is -2.32. The maximum absolute atomic E-state index is 12.8. The minimum Gasteiger partial charge on any atom is -0.310 e. The number of anilines is 1. The highest BCUT2D eigenvalue weighted by Gasteiger charge is 2.40. The fraction of sp³-hybridized carbons (Fsp3) is 0.364. The molecular formula is C11H10ClF3N2O3S. The van der Waals surface area contributed by atoms with E-state index in [0.717, 1.165) is 17.0 Å². The van der Waals surface area contributed by atoms with Crippen molar-refractivity contribution in [2.24, 2.45) is 5.14 Å². The first kappa shape index (κ1) is 16.1. The number of hydrogen-bond acceptors (Lipinski definition) is 3. The molecule has 21 heavy (non-hydrogen) atoms. The molecule has 2 rings (SSSR count). The summed E-state index contributed by atoms with van der Waals surface area (Å²) in [5.41, 5.74) is -1.27. The van der Waals surface area contributed by atoms with Gasteiger partial charge in [0.05, 0.1) is 16.3 Å². The van der Waals surface area contributed by atoms with Gasteiger partial charge in [-0.25, -0.2) is 13.6 Å². The van der Waals surface area contributed by atoms with Gasteiger partial charge in [-0.15, -0.1) is 0 Å². The van der Waals surface area contributed by atoms with E-state index in [1.54, 1.807) is 0 Å². The van der Waals surface area contributed by atoms with Crippen molar-refractivity contribution in [3.8, 4) is 0 Å². The third kappa shape index (κ3) is 3.14. The van der Waals surface area contributed by atoms with Crippen molar-refractivity contribution in [2.75, 3.05) is 11.4 Å². The van der Waals surface area contributed by atoms with Crippen LogP contribution in [0.5, 0.6) is 0 Å². The highest BCUT2D eigenvalue weighted by atomic mass is 35.5. The highest BCUT2D eigenvalue weighted by Crippen LogP contribution is 2.40. The van der Waals surface area contributed by atoms with Crippen molar-refractivity contribution in [3.05, 3.63) is 28.8 Å². The molecule has 2 N–H and O–H groups in total. The van der Waals surface area contributed by atoms with Gasteiger partial charge in [0.25, 0.3) is 0 Å². The van der Waals surface area contributed by atoms with E-state index in [-0.39, 0.29) is 18.7 Å². The number of rotatable bonds is 2. The van der Waals surface area contributed by atoms with E-state index in [0.29, 0.717) is 0 Å². The molecule has 1 heterocycles. The van der Waals surface area contributed by atoms with E-state index < -0.39 is 37.9 Å². The monoisotopic (exact) mass is 342 g/mol. The summed E-state index contributed by atoms with van der Waals surface area (Å²) in [6.07, 6.45) is -5.05. The second-order valence-corrected chi connectivity index (χ2v) is 6.78. The van der Waals surface area contributed by atoms with E-state index in [4.69, 9.17) is 16.7 Å². The molecule has 1 unspecified atom stereocenters. The molecule has 116 valence electrons. The van der Waals surface area contributed by atoms with Crippen LogP contribution in [-0.2, 0) is 21.0 Å². The number of benzene rings is 1. The molecule has 10 heteroatoms. The predicted molar refractivity (Wildman–Crippen MR) is 70.3 cm³/mol. The van der Waals surface area contributed by atoms with Gasteiger partial charge in [-0.1, -0.05) is 17.7 Å². The summed E-state index contributed by atoms with van der Waals surface area (Å²) in [4.78, 5) is 12.7. The zero-order chi connectivity index (χ0) is 16.0. The van der Waals surface area contributed by atoms with Crippen LogP contribution in [-0.4, -0.2) is 26.1 Å². The number of halogens is 4. The maximum atomic E-state index is 12.8. The third-order valence-electron chi connectivity index (χ3n) is 3.13. The van der Waals surface area contributed by atoms with Gasteiger partial charge < -0.3 is 4.90 Å². The maximum Gasteiger partial charge on any atom is 0.417 e. The lowest BCUT2D eigenvalue weighted by Gasteiger charge is -2.20. The summed E-state index contributed by atoms with van der Waals surface area (Å²) in [6.45, 7) is -0.321. The van der Waals surface area contributed by atoms with Gasteiger partial charge in [-0.2, -0.15) is 13.2 Å². The third-order valence-corrected chi connectivity index (χ3v) is 4.77. The number of primary sulfonamides is 1. The number of nitrogens with two attached hydrogens (primary N) is 1. The SMILES string of the molecule is NS(=O)(=O)C1CC(=O)N(c2cccc(C(F)(F)F)c2Cl)C1. The van der Waals surface area contributed by atoms with E-state index in [1.165, 1.54) is 6.07 Å². The molecule has 1 aromatic rings. The lowest BCUT2D eigenvalue weighted by atomic mass is 10.2. The van der Waals surface area contributed by atoms with Crippen LogP contribution < -0.4 is 10.0 Å². The fourth-order valence-corrected chi connectivity index (χ4v) is 3.14. The first-order chi connectivity index (χ1) is 9.51. The van der Waals surface area contributed by atoms with Gasteiger partial charge in [0.1, 0.15) is 5.25 Å². The van der Waals surface area contributed by atoms with Gasteiger partial charge in [0.15, 0.2) is 0 Å². The van der Waals surface area contributed by atoms with Crippen LogP contribution >= 0.6 is 11.6 Å². The van der Waals surface area contributed by atoms with Crippen molar-refractivity contribution >= 4 is 33.2 Å². The van der Waals surface area contributed by atoms with E-state index in [1.807, 2.05) is 0 Å². The van der Waals surface area contributed by atoms with Crippen molar-refractivity contribution in [1.29, 1.82) is 0 Å². The minimum absolute atomic E-state index is 0.178. The Morgan fingerprint density at radius 3 is 2.43 bits per heavy atom. The summed E-state index contributed by atoms with van der Waals surface area (Å²) >= 11 is 5.71. The van der Waals surface area contributed by atoms with Crippen molar-refractivity contribution in [2.45, 2.75) is 17.8 Å². The molecule has 1 aromatic carbocycles. The van der Waals surface area contributed by atoms with Crippen LogP contribution in [0.2, 0.25) is 5.02 Å². The van der Waals surface area contributed by atoms with Gasteiger partial charge >= 0.3 is 6.18 Å². The molecule has 1 aliphatic heterocycles. The summed E-state index contributed by atoms with van der Waals surface area (Å²) in [5.74, 6) is -0.643. The Bertz CT molecular complexity index is 690. The van der Waals surface area contributed by atoms with Crippen LogP contribution in [0.25, 0.3) is 0 Å². The van der Waals surface area contributed by atoms with Crippen LogP contribution in [0.3, 0.4) is 0 Å². The van der Waals surface area contributed by atoms with Crippen molar-refractivity contribution < 1.29 is 26.4 Å². The van der Waals surface area contributed by atoms with Crippen molar-refractivity contribution in [1.82, 2.24) is 0 Å². The molecule has 0 aromatic heterocycles. The summed E-state index contributed by atoms with van der Waals surface area (Å²) in [6, 6.07) is 3.10. The van der Waals surface area contributed by atoms with Crippen molar-refractivity contribution in [3.63, 3.8) is 0 Å². The molecule has 0 spiro atoms. The zero-order valence-corrected chi connectivity index (χ0v) is 12.0. The van der Waals surface area contributed by atoms with E-state index in [2.05, 4.69) is 0 Å². The fourth-order valence-electron chi connectivity index (χ4n) is 2.07. The smallest absolute Gasteiger partial charge is 0.310 e. The highest BCUT2D eigenvalue weighted by molar-refractivity contribution is 7.89. The molecule has 1 fully saturated rings. The molecule has 0 radical (unpaired) electrons. The first-order valence-corrected chi connectivity index (χ1v) is 7.68. The van der Waals surface area contributed by atoms with E-state index in [9.17, 15) is 26.4 Å². The van der Waals surface area contributed by atoms with Crippen LogP contribution in [0.4, 0.5) is 18.9 Å². The first-order valence-electron chi connectivity index (χ1n) is 5.69. The largest absolute Gasteiger partial charge is 0.417 e. The number of carbonyl (C=O) groups excluding carboxylic acids is 1. The normalized spacial score (nSPS) is 20.1. The molecule has 1 aliphatic rings. The predicted octanol–water partition coefficient (Wildman–Crippen LogP) is 1.75. The van der Waals surface area contributed by atoms with Crippen LogP contribution in [0, 0.1) is 0 Å². The molecule has 5 nitrogen and oxygen atoms in total. The molecule has 1 saturated heterocycles. The van der Waals surface area contributed by atoms with Crippen LogP contribution in [0.1, 0.15) is 12.0 Å². The molecule has 0 aliphatic carbocycles. The van der Waals surface area contributed by atoms with Gasteiger partial charge in [-0.05, 0) is 12.1 Å². The van der Waals surface area contributed by atoms with Crippen LogP contribution in [0.15, 0.2) is 18.2 Å². The quantitative estimate of drug-likeness (QED) is 0.889. The Hall–Kier alpha value is -1.32. The topological polar surface area (TPSA) is 80.5 Å². The van der Waals surface area contributed by atoms with Gasteiger partial charge in [0, 0.05) is 13.0 Å². The Morgan fingerprint density at radius 2 is 1.95 bits per heavy atom. The molecule has 0 saturated carbocycles. The number of amides is 1. The van der Waals surface area contributed by atoms with Gasteiger partial charge in [0.2, 0.25) is 15.9 Å². The second kappa shape index (κ2) is 5.15. The zero-order valence-electron chi connectivity index (χ0n) is 10.4. The summed E-state index contributed by atoms with van der Waals surface area (Å²) < 4.78 is 60.8. The lowest BCUT2D eigenvalue weighted by molar-refractivity contribution is -0.137. The standard InChI is InChI=1S/C11H10ClF3N2O3S/c12-10-7(11(13,14)15)2-1-3-8(10)17-5-6(4-9(17)18)21(16,19)20/h1-3,6H,4-5H2,(H2,16,19,20). The molecule has 0 bridgehead atoms. The Labute approximate surface area is 123 Å². The average Bonchev–Trinajstić information content (AvgIpc) is 2.70. The van der Waals surface area contributed by atoms with E-state index >= 15 is 0 Å². The Kier molecular flexibility index (Phi) is 3.94. The number of alkyl halides is 3. The number of sulfonamides is 1. The molecular weight excluding hydrogens is 333 g/mol.